The fraction of sp³-hybridized carbons (Fsp3) is 0.188. The summed E-state index contributed by atoms with van der Waals surface area (Å²) in [4.78, 5) is 11.3. The Morgan fingerprint density at radius 1 is 1.05 bits per heavy atom. The maximum Gasteiger partial charge on any atom is 0.307 e. The predicted molar refractivity (Wildman–Crippen MR) is 78.8 cm³/mol. The van der Waals surface area contributed by atoms with E-state index in [2.05, 4.69) is 0 Å². The van der Waals surface area contributed by atoms with Crippen molar-refractivity contribution in [3.05, 3.63) is 65.7 Å². The molecule has 0 radical (unpaired) electrons. The largest absolute Gasteiger partial charge is 0.481 e. The summed E-state index contributed by atoms with van der Waals surface area (Å²) in [6.45, 7) is 0. The summed E-state index contributed by atoms with van der Waals surface area (Å²) in [6, 6.07) is 14.4. The van der Waals surface area contributed by atoms with Crippen LogP contribution in [0.5, 0.6) is 0 Å². The topological polar surface area (TPSA) is 37.3 Å². The van der Waals surface area contributed by atoms with E-state index in [1.807, 2.05) is 0 Å². The Morgan fingerprint density at radius 2 is 1.67 bits per heavy atom. The van der Waals surface area contributed by atoms with E-state index < -0.39 is 11.9 Å². The Hall–Kier alpha value is -1.88. The summed E-state index contributed by atoms with van der Waals surface area (Å²) in [6.07, 6.45) is -0.0644. The zero-order valence-corrected chi connectivity index (χ0v) is 11.9. The quantitative estimate of drug-likeness (QED) is 0.813. The van der Waals surface area contributed by atoms with Crippen molar-refractivity contribution in [2.24, 2.45) is 0 Å². The lowest BCUT2D eigenvalue weighted by Gasteiger charge is -2.16. The molecule has 0 amide bonds. The van der Waals surface area contributed by atoms with Crippen LogP contribution in [-0.4, -0.2) is 16.8 Å². The second kappa shape index (κ2) is 6.72. The van der Waals surface area contributed by atoms with Crippen molar-refractivity contribution in [1.82, 2.24) is 0 Å². The molecule has 0 aliphatic carbocycles. The van der Waals surface area contributed by atoms with E-state index in [4.69, 9.17) is 5.11 Å². The Bertz CT molecular complexity index is 597. The maximum atomic E-state index is 14.0. The molecular formula is C16H14F2O2S. The predicted octanol–water partition coefficient (Wildman–Crippen LogP) is 4.20. The minimum Gasteiger partial charge on any atom is -0.481 e. The molecule has 110 valence electrons. The van der Waals surface area contributed by atoms with Gasteiger partial charge in [0.1, 0.15) is 0 Å². The van der Waals surface area contributed by atoms with Gasteiger partial charge in [-0.3, -0.25) is 4.79 Å². The molecule has 0 fully saturated rings. The molecule has 2 aromatic rings. The number of carbonyl (C=O) groups is 1. The number of carboxylic acids is 1. The number of thioether (sulfide) groups is 1. The van der Waals surface area contributed by atoms with Gasteiger partial charge in [0.2, 0.25) is 0 Å². The Kier molecular flexibility index (Phi) is 4.96. The summed E-state index contributed by atoms with van der Waals surface area (Å²) >= 11 is 1.05. The molecule has 2 nitrogen and oxygen atoms in total. The van der Waals surface area contributed by atoms with Crippen LogP contribution in [0.3, 0.4) is 0 Å². The van der Waals surface area contributed by atoms with Crippen molar-refractivity contribution in [2.75, 3.05) is 5.75 Å². The van der Waals surface area contributed by atoms with E-state index in [-0.39, 0.29) is 17.7 Å². The van der Waals surface area contributed by atoms with Crippen molar-refractivity contribution >= 4 is 17.7 Å². The monoisotopic (exact) mass is 308 g/mol. The lowest BCUT2D eigenvalue weighted by Crippen LogP contribution is -2.16. The van der Waals surface area contributed by atoms with E-state index in [1.54, 1.807) is 42.5 Å². The Labute approximate surface area is 125 Å². The van der Waals surface area contributed by atoms with Gasteiger partial charge in [-0.15, -0.1) is 11.8 Å². The van der Waals surface area contributed by atoms with Gasteiger partial charge in [0, 0.05) is 10.5 Å². The fourth-order valence-electron chi connectivity index (χ4n) is 1.82. The zero-order valence-electron chi connectivity index (χ0n) is 11.1. The summed E-state index contributed by atoms with van der Waals surface area (Å²) in [7, 11) is 0. The van der Waals surface area contributed by atoms with Crippen LogP contribution < -0.4 is 0 Å². The molecule has 2 aromatic carbocycles. The number of rotatable bonds is 6. The first-order chi connectivity index (χ1) is 9.97. The molecule has 0 saturated heterocycles. The van der Waals surface area contributed by atoms with E-state index in [9.17, 15) is 13.6 Å². The van der Waals surface area contributed by atoms with Crippen LogP contribution in [0.4, 0.5) is 8.78 Å². The molecule has 0 saturated carbocycles. The number of hydrogen-bond acceptors (Lipinski definition) is 2. The third kappa shape index (κ3) is 4.56. The molecule has 0 aliphatic rings. The van der Waals surface area contributed by atoms with Crippen LogP contribution in [-0.2, 0) is 17.1 Å². The van der Waals surface area contributed by atoms with E-state index in [1.165, 1.54) is 12.1 Å². The lowest BCUT2D eigenvalue weighted by molar-refractivity contribution is -0.136. The highest BCUT2D eigenvalue weighted by Crippen LogP contribution is 2.34. The molecule has 0 aromatic heterocycles. The van der Waals surface area contributed by atoms with Gasteiger partial charge in [-0.1, -0.05) is 42.5 Å². The molecular weight excluding hydrogens is 294 g/mol. The molecule has 0 unspecified atom stereocenters. The highest BCUT2D eigenvalue weighted by atomic mass is 32.2. The Balaban J connectivity index is 1.98. The van der Waals surface area contributed by atoms with Crippen LogP contribution in [0, 0.1) is 0 Å². The van der Waals surface area contributed by atoms with Gasteiger partial charge < -0.3 is 5.11 Å². The molecule has 21 heavy (non-hydrogen) atoms. The second-order valence-corrected chi connectivity index (χ2v) is 5.62. The van der Waals surface area contributed by atoms with Crippen molar-refractivity contribution in [3.63, 3.8) is 0 Å². The number of alkyl halides is 2. The second-order valence-electron chi connectivity index (χ2n) is 4.57. The van der Waals surface area contributed by atoms with Gasteiger partial charge >= 0.3 is 5.97 Å². The molecule has 0 heterocycles. The van der Waals surface area contributed by atoms with Crippen molar-refractivity contribution in [2.45, 2.75) is 17.2 Å². The van der Waals surface area contributed by atoms with Crippen LogP contribution in [0.1, 0.15) is 11.1 Å². The molecule has 0 atom stereocenters. The van der Waals surface area contributed by atoms with Crippen molar-refractivity contribution in [3.8, 4) is 0 Å². The molecule has 2 rings (SSSR count). The van der Waals surface area contributed by atoms with E-state index in [0.717, 1.165) is 11.8 Å². The first-order valence-corrected chi connectivity index (χ1v) is 7.33. The Morgan fingerprint density at radius 3 is 2.24 bits per heavy atom. The van der Waals surface area contributed by atoms with E-state index in [0.29, 0.717) is 10.5 Å². The van der Waals surface area contributed by atoms with Crippen molar-refractivity contribution in [1.29, 1.82) is 0 Å². The number of aliphatic carboxylic acids is 1. The smallest absolute Gasteiger partial charge is 0.307 e. The van der Waals surface area contributed by atoms with Crippen molar-refractivity contribution < 1.29 is 18.7 Å². The van der Waals surface area contributed by atoms with Crippen LogP contribution in [0.25, 0.3) is 0 Å². The van der Waals surface area contributed by atoms with Crippen LogP contribution in [0.2, 0.25) is 0 Å². The third-order valence-electron chi connectivity index (χ3n) is 2.89. The summed E-state index contributed by atoms with van der Waals surface area (Å²) < 4.78 is 28.0. The average molecular weight is 308 g/mol. The van der Waals surface area contributed by atoms with Gasteiger partial charge in [0.05, 0.1) is 12.2 Å². The minimum atomic E-state index is -2.90. The van der Waals surface area contributed by atoms with Gasteiger partial charge in [-0.05, 0) is 17.7 Å². The van der Waals surface area contributed by atoms with E-state index >= 15 is 0 Å². The molecule has 5 heteroatoms. The molecule has 0 aliphatic heterocycles. The SMILES string of the molecule is O=C(O)Cc1ccc(SCC(F)(F)c2ccccc2)cc1. The summed E-state index contributed by atoms with van der Waals surface area (Å²) in [5.41, 5.74) is 0.654. The van der Waals surface area contributed by atoms with Crippen LogP contribution >= 0.6 is 11.8 Å². The zero-order chi connectivity index (χ0) is 15.3. The van der Waals surface area contributed by atoms with Gasteiger partial charge in [-0.2, -0.15) is 0 Å². The summed E-state index contributed by atoms with van der Waals surface area (Å²) in [5, 5.41) is 8.67. The maximum absolute atomic E-state index is 14.0. The molecule has 0 spiro atoms. The molecule has 1 N–H and O–H groups in total. The number of hydrogen-bond donors (Lipinski definition) is 1. The first kappa shape index (κ1) is 15.5. The van der Waals surface area contributed by atoms with Gasteiger partial charge in [-0.25, -0.2) is 8.78 Å². The number of carboxylic acid groups (broad SMARTS) is 1. The lowest BCUT2D eigenvalue weighted by atomic mass is 10.1. The minimum absolute atomic E-state index is 0.00000245. The standard InChI is InChI=1S/C16H14F2O2S/c17-16(18,13-4-2-1-3-5-13)11-21-14-8-6-12(7-9-14)10-15(19)20/h1-9H,10-11H2,(H,19,20). The fourth-order valence-corrected chi connectivity index (χ4v) is 2.66. The average Bonchev–Trinajstić information content (AvgIpc) is 2.47. The highest BCUT2D eigenvalue weighted by Gasteiger charge is 2.31. The number of benzene rings is 2. The first-order valence-electron chi connectivity index (χ1n) is 6.34. The third-order valence-corrected chi connectivity index (χ3v) is 4.01. The number of halogens is 2. The van der Waals surface area contributed by atoms with Gasteiger partial charge in [0.25, 0.3) is 5.92 Å². The highest BCUT2D eigenvalue weighted by molar-refractivity contribution is 7.99. The summed E-state index contributed by atoms with van der Waals surface area (Å²) in [5.74, 6) is -4.16. The van der Waals surface area contributed by atoms with Gasteiger partial charge in [0.15, 0.2) is 0 Å². The van der Waals surface area contributed by atoms with Crippen LogP contribution in [0.15, 0.2) is 59.5 Å². The molecule has 0 bridgehead atoms. The normalized spacial score (nSPS) is 11.3.